The summed E-state index contributed by atoms with van der Waals surface area (Å²) in [6.45, 7) is 0.254. The maximum Gasteiger partial charge on any atom is 0.243 e. The molecular weight excluding hydrogens is 259 g/mol. The number of nitrogens with zero attached hydrogens (tertiary/aromatic N) is 2. The first-order valence-corrected chi connectivity index (χ1v) is 6.77. The quantitative estimate of drug-likeness (QED) is 0.846. The smallest absolute Gasteiger partial charge is 0.243 e. The van der Waals surface area contributed by atoms with Crippen molar-refractivity contribution in [3.05, 3.63) is 29.6 Å². The van der Waals surface area contributed by atoms with Crippen molar-refractivity contribution in [2.75, 3.05) is 13.1 Å². The van der Waals surface area contributed by atoms with Gasteiger partial charge in [-0.15, -0.1) is 0 Å². The third-order valence-corrected chi connectivity index (χ3v) is 4.68. The van der Waals surface area contributed by atoms with Crippen LogP contribution >= 0.6 is 0 Å². The molecule has 0 aliphatic carbocycles. The number of sulfonamides is 1. The molecule has 2 rings (SSSR count). The average molecular weight is 270 g/mol. The zero-order valence-corrected chi connectivity index (χ0v) is 10.2. The van der Waals surface area contributed by atoms with Gasteiger partial charge in [0.25, 0.3) is 0 Å². The number of rotatable bonds is 2. The average Bonchev–Trinajstić information content (AvgIpc) is 2.77. The molecule has 7 heteroatoms. The summed E-state index contributed by atoms with van der Waals surface area (Å²) in [5.41, 5.74) is -0.309. The summed E-state index contributed by atoms with van der Waals surface area (Å²) >= 11 is 0. The molecule has 0 bridgehead atoms. The number of aliphatic hydroxyl groups excluding tert-OH is 1. The van der Waals surface area contributed by atoms with Gasteiger partial charge in [-0.1, -0.05) is 0 Å². The van der Waals surface area contributed by atoms with Gasteiger partial charge >= 0.3 is 0 Å². The summed E-state index contributed by atoms with van der Waals surface area (Å²) < 4.78 is 38.5. The van der Waals surface area contributed by atoms with Crippen LogP contribution in [0.1, 0.15) is 12.0 Å². The van der Waals surface area contributed by atoms with Crippen LogP contribution in [0.2, 0.25) is 0 Å². The minimum Gasteiger partial charge on any atom is -0.392 e. The molecule has 0 radical (unpaired) electrons. The first-order chi connectivity index (χ1) is 8.45. The number of hydrogen-bond acceptors (Lipinski definition) is 4. The van der Waals surface area contributed by atoms with E-state index in [9.17, 15) is 17.9 Å². The summed E-state index contributed by atoms with van der Waals surface area (Å²) in [7, 11) is -3.77. The van der Waals surface area contributed by atoms with Gasteiger partial charge in [0.2, 0.25) is 10.0 Å². The topological polar surface area (TPSA) is 81.4 Å². The second-order valence-electron chi connectivity index (χ2n) is 4.06. The van der Waals surface area contributed by atoms with E-state index in [-0.39, 0.29) is 23.5 Å². The molecule has 1 aliphatic rings. The fourth-order valence-electron chi connectivity index (χ4n) is 1.83. The van der Waals surface area contributed by atoms with Crippen molar-refractivity contribution in [1.29, 1.82) is 5.26 Å². The van der Waals surface area contributed by atoms with Crippen molar-refractivity contribution < 1.29 is 17.9 Å². The molecule has 5 nitrogen and oxygen atoms in total. The van der Waals surface area contributed by atoms with E-state index in [4.69, 9.17) is 5.26 Å². The Morgan fingerprint density at radius 2 is 2.22 bits per heavy atom. The Bertz CT molecular complexity index is 609. The van der Waals surface area contributed by atoms with Crippen LogP contribution in [0.3, 0.4) is 0 Å². The predicted octanol–water partition coefficient (Wildman–Crippen LogP) is 0.453. The molecule has 0 spiro atoms. The molecule has 1 aromatic carbocycles. The van der Waals surface area contributed by atoms with Crippen molar-refractivity contribution in [2.45, 2.75) is 17.4 Å². The minimum absolute atomic E-state index is 0.0294. The highest BCUT2D eigenvalue weighted by molar-refractivity contribution is 7.89. The van der Waals surface area contributed by atoms with Crippen LogP contribution in [0, 0.1) is 17.1 Å². The molecule has 1 atom stereocenters. The molecule has 1 N–H and O–H groups in total. The number of halogens is 1. The van der Waals surface area contributed by atoms with Crippen LogP contribution < -0.4 is 0 Å². The molecule has 18 heavy (non-hydrogen) atoms. The number of aliphatic hydroxyl groups is 1. The molecule has 0 amide bonds. The first kappa shape index (κ1) is 13.0. The lowest BCUT2D eigenvalue weighted by Crippen LogP contribution is -2.29. The third kappa shape index (κ3) is 2.22. The monoisotopic (exact) mass is 270 g/mol. The lowest BCUT2D eigenvalue weighted by molar-refractivity contribution is 0.189. The molecule has 96 valence electrons. The molecule has 0 saturated carbocycles. The Morgan fingerprint density at radius 1 is 1.50 bits per heavy atom. The zero-order chi connectivity index (χ0) is 13.3. The lowest BCUT2D eigenvalue weighted by atomic mass is 10.2. The molecule has 1 aliphatic heterocycles. The van der Waals surface area contributed by atoms with Crippen molar-refractivity contribution in [3.63, 3.8) is 0 Å². The highest BCUT2D eigenvalue weighted by Crippen LogP contribution is 2.22. The van der Waals surface area contributed by atoms with Crippen LogP contribution in [0.25, 0.3) is 0 Å². The molecule has 1 aromatic rings. The number of benzene rings is 1. The Morgan fingerprint density at radius 3 is 2.78 bits per heavy atom. The van der Waals surface area contributed by atoms with E-state index in [2.05, 4.69) is 0 Å². The van der Waals surface area contributed by atoms with Crippen molar-refractivity contribution in [1.82, 2.24) is 4.31 Å². The van der Waals surface area contributed by atoms with E-state index in [0.29, 0.717) is 6.42 Å². The summed E-state index contributed by atoms with van der Waals surface area (Å²) in [4.78, 5) is -0.130. The largest absolute Gasteiger partial charge is 0.392 e. The predicted molar refractivity (Wildman–Crippen MR) is 60.5 cm³/mol. The molecular formula is C11H11FN2O3S. The van der Waals surface area contributed by atoms with Gasteiger partial charge in [0.15, 0.2) is 0 Å². The fourth-order valence-corrected chi connectivity index (χ4v) is 3.35. The summed E-state index contributed by atoms with van der Waals surface area (Å²) in [5, 5.41) is 18.0. The first-order valence-electron chi connectivity index (χ1n) is 5.33. The molecule has 0 aromatic heterocycles. The zero-order valence-electron chi connectivity index (χ0n) is 9.38. The summed E-state index contributed by atoms with van der Waals surface area (Å²) in [5.74, 6) is -0.752. The third-order valence-electron chi connectivity index (χ3n) is 2.82. The highest BCUT2D eigenvalue weighted by atomic mass is 32.2. The Labute approximate surface area is 104 Å². The lowest BCUT2D eigenvalue weighted by Gasteiger charge is -2.15. The SMILES string of the molecule is N#Cc1cc(S(=O)(=O)N2CC[C@H](O)C2)ccc1F. The van der Waals surface area contributed by atoms with E-state index < -0.39 is 21.9 Å². The molecule has 1 heterocycles. The van der Waals surface area contributed by atoms with Gasteiger partial charge in [0.1, 0.15) is 11.9 Å². The van der Waals surface area contributed by atoms with Crippen molar-refractivity contribution in [3.8, 4) is 6.07 Å². The fraction of sp³-hybridized carbons (Fsp3) is 0.364. The number of hydrogen-bond donors (Lipinski definition) is 1. The van der Waals surface area contributed by atoms with Gasteiger partial charge in [0.05, 0.1) is 16.6 Å². The second kappa shape index (κ2) is 4.65. The van der Waals surface area contributed by atoms with Crippen molar-refractivity contribution in [2.24, 2.45) is 0 Å². The Balaban J connectivity index is 2.39. The van der Waals surface area contributed by atoms with E-state index in [1.54, 1.807) is 6.07 Å². The minimum atomic E-state index is -3.77. The number of β-amino-alcohol motifs (C(OH)–C–C–N with tert-alkyl or cyclic N) is 1. The van der Waals surface area contributed by atoms with Crippen LogP contribution in [0.5, 0.6) is 0 Å². The van der Waals surface area contributed by atoms with Gasteiger partial charge in [-0.2, -0.15) is 9.57 Å². The van der Waals surface area contributed by atoms with E-state index in [1.807, 2.05) is 0 Å². The molecule has 1 fully saturated rings. The summed E-state index contributed by atoms with van der Waals surface area (Å²) in [6.07, 6.45) is -0.290. The van der Waals surface area contributed by atoms with Crippen LogP contribution in [-0.4, -0.2) is 37.0 Å². The van der Waals surface area contributed by atoms with Crippen LogP contribution in [0.15, 0.2) is 23.1 Å². The van der Waals surface area contributed by atoms with E-state index in [1.165, 1.54) is 0 Å². The van der Waals surface area contributed by atoms with E-state index in [0.717, 1.165) is 22.5 Å². The van der Waals surface area contributed by atoms with Crippen LogP contribution in [0.4, 0.5) is 4.39 Å². The molecule has 1 saturated heterocycles. The highest BCUT2D eigenvalue weighted by Gasteiger charge is 2.31. The second-order valence-corrected chi connectivity index (χ2v) is 6.00. The Hall–Kier alpha value is -1.49. The van der Waals surface area contributed by atoms with Crippen molar-refractivity contribution >= 4 is 10.0 Å². The normalized spacial score (nSPS) is 20.8. The van der Waals surface area contributed by atoms with Gasteiger partial charge in [-0.3, -0.25) is 0 Å². The standard InChI is InChI=1S/C11H11FN2O3S/c12-11-2-1-10(5-8(11)6-13)18(16,17)14-4-3-9(15)7-14/h1-2,5,9,15H,3-4,7H2/t9-/m0/s1. The molecule has 0 unspecified atom stereocenters. The van der Waals surface area contributed by atoms with Gasteiger partial charge in [-0.05, 0) is 24.6 Å². The van der Waals surface area contributed by atoms with Gasteiger partial charge in [0, 0.05) is 13.1 Å². The van der Waals surface area contributed by atoms with E-state index >= 15 is 0 Å². The van der Waals surface area contributed by atoms with Gasteiger partial charge in [-0.25, -0.2) is 12.8 Å². The maximum absolute atomic E-state index is 13.1. The maximum atomic E-state index is 13.1. The number of nitriles is 1. The Kier molecular flexibility index (Phi) is 3.34. The van der Waals surface area contributed by atoms with Gasteiger partial charge < -0.3 is 5.11 Å². The van der Waals surface area contributed by atoms with Crippen LogP contribution in [-0.2, 0) is 10.0 Å². The summed E-state index contributed by atoms with van der Waals surface area (Å²) in [6, 6.07) is 4.69.